The minimum absolute atomic E-state index is 0.0120. The zero-order valence-electron chi connectivity index (χ0n) is 13.2. The van der Waals surface area contributed by atoms with Gasteiger partial charge < -0.3 is 10.4 Å². The first kappa shape index (κ1) is 16.6. The minimum atomic E-state index is -0.202. The van der Waals surface area contributed by atoms with Crippen molar-refractivity contribution in [3.63, 3.8) is 0 Å². The summed E-state index contributed by atoms with van der Waals surface area (Å²) < 4.78 is 0. The van der Waals surface area contributed by atoms with E-state index in [1.165, 1.54) is 6.92 Å². The summed E-state index contributed by atoms with van der Waals surface area (Å²) in [6.07, 6.45) is 1.86. The maximum Gasteiger partial charge on any atom is 0.241 e. The van der Waals surface area contributed by atoms with E-state index in [1.54, 1.807) is 24.3 Å². The van der Waals surface area contributed by atoms with Crippen molar-refractivity contribution in [3.8, 4) is 0 Å². The zero-order chi connectivity index (χ0) is 16.1. The summed E-state index contributed by atoms with van der Waals surface area (Å²) in [7, 11) is 0. The van der Waals surface area contributed by atoms with Gasteiger partial charge in [-0.1, -0.05) is 0 Å². The first-order chi connectivity index (χ1) is 10.5. The Bertz CT molecular complexity index is 519. The summed E-state index contributed by atoms with van der Waals surface area (Å²) in [6, 6.07) is 6.73. The number of ketones is 1. The largest absolute Gasteiger partial charge is 0.396 e. The number of carbonyl (C=O) groups excluding carboxylic acids is 2. The van der Waals surface area contributed by atoms with Gasteiger partial charge in [-0.25, -0.2) is 0 Å². The van der Waals surface area contributed by atoms with Crippen LogP contribution in [0.15, 0.2) is 24.3 Å². The van der Waals surface area contributed by atoms with Crippen LogP contribution in [0.25, 0.3) is 0 Å². The Kier molecular flexibility index (Phi) is 5.69. The molecule has 22 heavy (non-hydrogen) atoms. The van der Waals surface area contributed by atoms with E-state index in [4.69, 9.17) is 5.11 Å². The van der Waals surface area contributed by atoms with Crippen molar-refractivity contribution in [2.45, 2.75) is 32.7 Å². The van der Waals surface area contributed by atoms with Crippen molar-refractivity contribution in [2.24, 2.45) is 5.92 Å². The normalized spacial score (nSPS) is 18.0. The quantitative estimate of drug-likeness (QED) is 0.816. The van der Waals surface area contributed by atoms with E-state index < -0.39 is 0 Å². The molecule has 0 spiro atoms. The first-order valence-corrected chi connectivity index (χ1v) is 7.78. The lowest BCUT2D eigenvalue weighted by Crippen LogP contribution is -2.46. The van der Waals surface area contributed by atoms with Gasteiger partial charge in [0.2, 0.25) is 5.91 Å². The lowest BCUT2D eigenvalue weighted by molar-refractivity contribution is -0.121. The van der Waals surface area contributed by atoms with Crippen LogP contribution in [0.4, 0.5) is 5.69 Å². The second-order valence-electron chi connectivity index (χ2n) is 5.96. The molecule has 0 bridgehead atoms. The molecule has 1 saturated heterocycles. The van der Waals surface area contributed by atoms with Crippen molar-refractivity contribution in [3.05, 3.63) is 29.8 Å². The monoisotopic (exact) mass is 304 g/mol. The lowest BCUT2D eigenvalue weighted by atomic mass is 9.97. The molecule has 120 valence electrons. The van der Waals surface area contributed by atoms with Gasteiger partial charge in [0.25, 0.3) is 0 Å². The number of hydrogen-bond acceptors (Lipinski definition) is 4. The average Bonchev–Trinajstić information content (AvgIpc) is 2.54. The first-order valence-electron chi connectivity index (χ1n) is 7.78. The van der Waals surface area contributed by atoms with Crippen LogP contribution in [0.1, 0.15) is 37.0 Å². The number of nitrogens with one attached hydrogen (secondary N) is 1. The van der Waals surface area contributed by atoms with Gasteiger partial charge in [-0.2, -0.15) is 0 Å². The number of anilines is 1. The number of likely N-dealkylation sites (tertiary alicyclic amines) is 1. The highest BCUT2D eigenvalue weighted by molar-refractivity contribution is 5.96. The molecule has 1 aliphatic rings. The fourth-order valence-corrected chi connectivity index (χ4v) is 2.72. The van der Waals surface area contributed by atoms with Crippen LogP contribution in [0, 0.1) is 5.92 Å². The topological polar surface area (TPSA) is 69.6 Å². The number of amides is 1. The number of hydrogen-bond donors (Lipinski definition) is 2. The Morgan fingerprint density at radius 3 is 2.36 bits per heavy atom. The smallest absolute Gasteiger partial charge is 0.241 e. The zero-order valence-corrected chi connectivity index (χ0v) is 13.2. The van der Waals surface area contributed by atoms with Gasteiger partial charge in [0.1, 0.15) is 0 Å². The van der Waals surface area contributed by atoms with Crippen molar-refractivity contribution in [2.75, 3.05) is 25.0 Å². The number of aliphatic hydroxyl groups is 1. The maximum absolute atomic E-state index is 12.3. The summed E-state index contributed by atoms with van der Waals surface area (Å²) in [4.78, 5) is 25.7. The van der Waals surface area contributed by atoms with E-state index in [9.17, 15) is 9.59 Å². The van der Waals surface area contributed by atoms with Gasteiger partial charge in [-0.15, -0.1) is 0 Å². The molecule has 1 unspecified atom stereocenters. The molecule has 1 heterocycles. The summed E-state index contributed by atoms with van der Waals surface area (Å²) in [5.74, 6) is 0.335. The number of rotatable bonds is 5. The number of nitrogens with zero attached hydrogens (tertiary/aromatic N) is 1. The van der Waals surface area contributed by atoms with E-state index in [2.05, 4.69) is 10.2 Å². The van der Waals surface area contributed by atoms with E-state index in [0.29, 0.717) is 17.2 Å². The minimum Gasteiger partial charge on any atom is -0.396 e. The molecule has 2 N–H and O–H groups in total. The highest BCUT2D eigenvalue weighted by Crippen LogP contribution is 2.19. The van der Waals surface area contributed by atoms with Crippen molar-refractivity contribution >= 4 is 17.4 Å². The molecule has 0 radical (unpaired) electrons. The van der Waals surface area contributed by atoms with E-state index in [-0.39, 0.29) is 24.3 Å². The third-order valence-electron chi connectivity index (χ3n) is 4.39. The van der Waals surface area contributed by atoms with Crippen LogP contribution in [0.2, 0.25) is 0 Å². The molecule has 5 heteroatoms. The molecule has 1 atom stereocenters. The average molecular weight is 304 g/mol. The number of piperidine rings is 1. The molecule has 1 aromatic rings. The predicted octanol–water partition coefficient (Wildman–Crippen LogP) is 1.92. The Labute approximate surface area is 131 Å². The summed E-state index contributed by atoms with van der Waals surface area (Å²) in [6.45, 7) is 5.33. The van der Waals surface area contributed by atoms with Gasteiger partial charge in [-0.05, 0) is 70.0 Å². The molecule has 0 aromatic heterocycles. The summed E-state index contributed by atoms with van der Waals surface area (Å²) >= 11 is 0. The van der Waals surface area contributed by atoms with Crippen LogP contribution < -0.4 is 5.32 Å². The Balaban J connectivity index is 1.90. The molecular weight excluding hydrogens is 280 g/mol. The second-order valence-corrected chi connectivity index (χ2v) is 5.96. The van der Waals surface area contributed by atoms with Gasteiger partial charge >= 0.3 is 0 Å². The van der Waals surface area contributed by atoms with Crippen molar-refractivity contribution in [1.29, 1.82) is 0 Å². The third kappa shape index (κ3) is 4.15. The van der Waals surface area contributed by atoms with Crippen LogP contribution in [-0.4, -0.2) is 47.4 Å². The van der Waals surface area contributed by atoms with Crippen LogP contribution in [-0.2, 0) is 4.79 Å². The Morgan fingerprint density at radius 2 is 1.86 bits per heavy atom. The number of benzene rings is 1. The molecular formula is C17H24N2O3. The molecule has 1 aromatic carbocycles. The SMILES string of the molecule is CC(=O)c1ccc(NC(=O)C(C)N2CCC(CO)CC2)cc1. The number of Topliss-reactive ketones (excluding diaryl/α,β-unsaturated/α-hetero) is 1. The predicted molar refractivity (Wildman–Crippen MR) is 85.9 cm³/mol. The highest BCUT2D eigenvalue weighted by Gasteiger charge is 2.26. The van der Waals surface area contributed by atoms with Gasteiger partial charge in [0.15, 0.2) is 5.78 Å². The summed E-state index contributed by atoms with van der Waals surface area (Å²) in [5.41, 5.74) is 1.34. The molecule has 1 aliphatic heterocycles. The van der Waals surface area contributed by atoms with Crippen molar-refractivity contribution in [1.82, 2.24) is 4.90 Å². The summed E-state index contributed by atoms with van der Waals surface area (Å²) in [5, 5.41) is 12.0. The molecule has 0 saturated carbocycles. The van der Waals surface area contributed by atoms with Gasteiger partial charge in [0.05, 0.1) is 6.04 Å². The Morgan fingerprint density at radius 1 is 1.27 bits per heavy atom. The molecule has 1 fully saturated rings. The van der Waals surface area contributed by atoms with E-state index in [1.807, 2.05) is 6.92 Å². The third-order valence-corrected chi connectivity index (χ3v) is 4.39. The highest BCUT2D eigenvalue weighted by atomic mass is 16.3. The molecule has 1 amide bonds. The standard InChI is InChI=1S/C17H24N2O3/c1-12(19-9-7-14(11-20)8-10-19)17(22)18-16-5-3-15(4-6-16)13(2)21/h3-6,12,14,20H,7-11H2,1-2H3,(H,18,22). The second kappa shape index (κ2) is 7.51. The van der Waals surface area contributed by atoms with Gasteiger partial charge in [0, 0.05) is 17.9 Å². The maximum atomic E-state index is 12.3. The van der Waals surface area contributed by atoms with Crippen LogP contribution >= 0.6 is 0 Å². The molecule has 0 aliphatic carbocycles. The molecule has 2 rings (SSSR count). The fraction of sp³-hybridized carbons (Fsp3) is 0.529. The number of aliphatic hydroxyl groups excluding tert-OH is 1. The van der Waals surface area contributed by atoms with Crippen LogP contribution in [0.5, 0.6) is 0 Å². The number of carbonyl (C=O) groups is 2. The lowest BCUT2D eigenvalue weighted by Gasteiger charge is -2.34. The van der Waals surface area contributed by atoms with E-state index >= 15 is 0 Å². The Hall–Kier alpha value is -1.72. The van der Waals surface area contributed by atoms with Gasteiger partial charge in [-0.3, -0.25) is 14.5 Å². The molecule has 5 nitrogen and oxygen atoms in total. The van der Waals surface area contributed by atoms with Crippen molar-refractivity contribution < 1.29 is 14.7 Å². The van der Waals surface area contributed by atoms with E-state index in [0.717, 1.165) is 25.9 Å². The van der Waals surface area contributed by atoms with Crippen LogP contribution in [0.3, 0.4) is 0 Å². The fourth-order valence-electron chi connectivity index (χ4n) is 2.72.